The summed E-state index contributed by atoms with van der Waals surface area (Å²) in [4.78, 5) is 13.7. The Morgan fingerprint density at radius 3 is 2.42 bits per heavy atom. The molecule has 19 heavy (non-hydrogen) atoms. The maximum atomic E-state index is 12.1. The van der Waals surface area contributed by atoms with Gasteiger partial charge in [0, 0.05) is 18.7 Å². The van der Waals surface area contributed by atoms with Crippen LogP contribution < -0.4 is 4.74 Å². The number of benzene rings is 1. The maximum absolute atomic E-state index is 12.1. The van der Waals surface area contributed by atoms with Gasteiger partial charge in [-0.05, 0) is 44.5 Å². The molecule has 1 unspecified atom stereocenters. The Morgan fingerprint density at radius 2 is 1.95 bits per heavy atom. The molecule has 0 aliphatic heterocycles. The van der Waals surface area contributed by atoms with Gasteiger partial charge >= 0.3 is 0 Å². The van der Waals surface area contributed by atoms with Crippen molar-refractivity contribution in [1.29, 1.82) is 0 Å². The van der Waals surface area contributed by atoms with Crippen LogP contribution in [-0.2, 0) is 0 Å². The lowest BCUT2D eigenvalue weighted by Gasteiger charge is -2.20. The summed E-state index contributed by atoms with van der Waals surface area (Å²) in [6, 6.07) is 7.15. The first kappa shape index (κ1) is 15.5. The van der Waals surface area contributed by atoms with E-state index in [0.717, 1.165) is 12.2 Å². The largest absolute Gasteiger partial charge is 0.491 e. The second-order valence-corrected chi connectivity index (χ2v) is 4.47. The third-order valence-electron chi connectivity index (χ3n) is 3.05. The molecule has 4 nitrogen and oxygen atoms in total. The topological polar surface area (TPSA) is 49.8 Å². The van der Waals surface area contributed by atoms with Gasteiger partial charge in [-0.1, -0.05) is 6.92 Å². The minimum atomic E-state index is -0.0633. The predicted octanol–water partition coefficient (Wildman–Crippen LogP) is 2.32. The highest BCUT2D eigenvalue weighted by atomic mass is 16.5. The van der Waals surface area contributed by atoms with E-state index >= 15 is 0 Å². The zero-order valence-corrected chi connectivity index (χ0v) is 11.9. The number of aliphatic hydroxyl groups excluding tert-OH is 1. The zero-order chi connectivity index (χ0) is 14.3. The van der Waals surface area contributed by atoms with Crippen LogP contribution in [0.5, 0.6) is 5.75 Å². The molecule has 1 amide bonds. The first-order valence-corrected chi connectivity index (χ1v) is 6.79. The number of rotatable bonds is 7. The number of carbonyl (C=O) groups is 1. The van der Waals surface area contributed by atoms with Crippen LogP contribution in [0.25, 0.3) is 0 Å². The fourth-order valence-electron chi connectivity index (χ4n) is 1.70. The first-order chi connectivity index (χ1) is 9.12. The van der Waals surface area contributed by atoms with Crippen molar-refractivity contribution in [3.8, 4) is 5.75 Å². The van der Waals surface area contributed by atoms with E-state index in [9.17, 15) is 4.79 Å². The number of aliphatic hydroxyl groups is 1. The van der Waals surface area contributed by atoms with Crippen LogP contribution in [0.4, 0.5) is 0 Å². The van der Waals surface area contributed by atoms with Crippen molar-refractivity contribution < 1.29 is 14.6 Å². The van der Waals surface area contributed by atoms with Gasteiger partial charge in [0.05, 0.1) is 12.7 Å². The summed E-state index contributed by atoms with van der Waals surface area (Å²) in [5, 5.41) is 8.92. The average Bonchev–Trinajstić information content (AvgIpc) is 2.44. The fraction of sp³-hybridized carbons (Fsp3) is 0.533. The second kappa shape index (κ2) is 7.79. The number of carbonyl (C=O) groups excluding carboxylic acids is 1. The molecule has 1 atom stereocenters. The number of likely N-dealkylation sites (N-methyl/N-ethyl adjacent to an activating group) is 1. The van der Waals surface area contributed by atoms with Gasteiger partial charge in [0.1, 0.15) is 5.75 Å². The molecule has 0 heterocycles. The summed E-state index contributed by atoms with van der Waals surface area (Å²) in [5.41, 5.74) is 0.617. The van der Waals surface area contributed by atoms with E-state index in [2.05, 4.69) is 6.92 Å². The van der Waals surface area contributed by atoms with Gasteiger partial charge in [-0.2, -0.15) is 0 Å². The summed E-state index contributed by atoms with van der Waals surface area (Å²) < 4.78 is 5.67. The molecule has 4 heteroatoms. The summed E-state index contributed by atoms with van der Waals surface area (Å²) in [5.74, 6) is 0.711. The molecule has 0 aliphatic carbocycles. The van der Waals surface area contributed by atoms with Gasteiger partial charge in [-0.15, -0.1) is 0 Å². The highest BCUT2D eigenvalue weighted by Gasteiger charge is 2.13. The van der Waals surface area contributed by atoms with Crippen molar-refractivity contribution in [1.82, 2.24) is 4.90 Å². The predicted molar refractivity (Wildman–Crippen MR) is 75.5 cm³/mol. The first-order valence-electron chi connectivity index (χ1n) is 6.79. The monoisotopic (exact) mass is 265 g/mol. The van der Waals surface area contributed by atoms with Crippen molar-refractivity contribution in [3.05, 3.63) is 29.8 Å². The average molecular weight is 265 g/mol. The molecule has 0 fully saturated rings. The fourth-order valence-corrected chi connectivity index (χ4v) is 1.70. The van der Waals surface area contributed by atoms with Crippen LogP contribution >= 0.6 is 0 Å². The normalized spacial score (nSPS) is 12.0. The number of hydrogen-bond donors (Lipinski definition) is 1. The molecule has 1 rings (SSSR count). The third-order valence-corrected chi connectivity index (χ3v) is 3.05. The van der Waals surface area contributed by atoms with E-state index in [-0.39, 0.29) is 18.6 Å². The van der Waals surface area contributed by atoms with Crippen molar-refractivity contribution in [2.75, 3.05) is 19.7 Å². The van der Waals surface area contributed by atoms with Crippen LogP contribution in [0.3, 0.4) is 0 Å². The van der Waals surface area contributed by atoms with Crippen molar-refractivity contribution >= 4 is 5.91 Å². The Kier molecular flexibility index (Phi) is 6.36. The van der Waals surface area contributed by atoms with E-state index in [1.807, 2.05) is 26.0 Å². The molecular weight excluding hydrogens is 242 g/mol. The summed E-state index contributed by atoms with van der Waals surface area (Å²) in [6.07, 6.45) is 1.11. The van der Waals surface area contributed by atoms with Gasteiger partial charge in [-0.3, -0.25) is 4.79 Å². The summed E-state index contributed by atoms with van der Waals surface area (Å²) in [6.45, 7) is 6.91. The molecule has 0 aromatic heterocycles. The van der Waals surface area contributed by atoms with Crippen LogP contribution in [0, 0.1) is 0 Å². The van der Waals surface area contributed by atoms with E-state index in [1.54, 1.807) is 17.0 Å². The molecule has 0 aliphatic rings. The minimum absolute atomic E-state index is 0.0191. The molecule has 0 radical (unpaired) electrons. The lowest BCUT2D eigenvalue weighted by atomic mass is 10.2. The van der Waals surface area contributed by atoms with Crippen molar-refractivity contribution in [2.24, 2.45) is 0 Å². The molecular formula is C15H23NO3. The van der Waals surface area contributed by atoms with Crippen molar-refractivity contribution in [3.63, 3.8) is 0 Å². The molecule has 0 saturated heterocycles. The molecule has 1 N–H and O–H groups in total. The molecule has 106 valence electrons. The van der Waals surface area contributed by atoms with Gasteiger partial charge in [0.2, 0.25) is 0 Å². The number of ether oxygens (including phenoxy) is 1. The lowest BCUT2D eigenvalue weighted by Crippen LogP contribution is -2.33. The number of nitrogens with zero attached hydrogens (tertiary/aromatic N) is 1. The standard InChI is InChI=1S/C15H23NO3/c1-4-12(3)19-14-8-6-13(7-9-14)15(18)16(5-2)10-11-17/h6-9,12,17H,4-5,10-11H2,1-3H3. The third kappa shape index (κ3) is 4.56. The number of hydrogen-bond acceptors (Lipinski definition) is 3. The molecule has 0 bridgehead atoms. The Bertz CT molecular complexity index is 389. The summed E-state index contributed by atoms with van der Waals surface area (Å²) in [7, 11) is 0. The summed E-state index contributed by atoms with van der Waals surface area (Å²) >= 11 is 0. The highest BCUT2D eigenvalue weighted by molar-refractivity contribution is 5.94. The van der Waals surface area contributed by atoms with E-state index in [4.69, 9.17) is 9.84 Å². The maximum Gasteiger partial charge on any atom is 0.253 e. The minimum Gasteiger partial charge on any atom is -0.491 e. The van der Waals surface area contributed by atoms with Crippen molar-refractivity contribution in [2.45, 2.75) is 33.3 Å². The Morgan fingerprint density at radius 1 is 1.32 bits per heavy atom. The number of amides is 1. The van der Waals surface area contributed by atoms with E-state index < -0.39 is 0 Å². The Hall–Kier alpha value is -1.55. The van der Waals surface area contributed by atoms with Crippen LogP contribution in [0.15, 0.2) is 24.3 Å². The second-order valence-electron chi connectivity index (χ2n) is 4.47. The molecule has 0 saturated carbocycles. The smallest absolute Gasteiger partial charge is 0.253 e. The Balaban J connectivity index is 2.72. The van der Waals surface area contributed by atoms with E-state index in [0.29, 0.717) is 18.7 Å². The quantitative estimate of drug-likeness (QED) is 0.823. The van der Waals surface area contributed by atoms with Gasteiger partial charge in [0.15, 0.2) is 0 Å². The Labute approximate surface area is 115 Å². The van der Waals surface area contributed by atoms with Crippen LogP contribution in [0.2, 0.25) is 0 Å². The van der Waals surface area contributed by atoms with E-state index in [1.165, 1.54) is 0 Å². The highest BCUT2D eigenvalue weighted by Crippen LogP contribution is 2.16. The molecule has 0 spiro atoms. The molecule has 1 aromatic carbocycles. The molecule has 1 aromatic rings. The van der Waals surface area contributed by atoms with Crippen LogP contribution in [0.1, 0.15) is 37.6 Å². The van der Waals surface area contributed by atoms with Gasteiger partial charge < -0.3 is 14.7 Å². The SMILES string of the molecule is CCC(C)Oc1ccc(C(=O)N(CC)CCO)cc1. The van der Waals surface area contributed by atoms with Gasteiger partial charge in [-0.25, -0.2) is 0 Å². The zero-order valence-electron chi connectivity index (χ0n) is 11.9. The lowest BCUT2D eigenvalue weighted by molar-refractivity contribution is 0.0732. The van der Waals surface area contributed by atoms with Crippen LogP contribution in [-0.4, -0.2) is 41.7 Å². The van der Waals surface area contributed by atoms with Gasteiger partial charge in [0.25, 0.3) is 5.91 Å².